The molecule has 0 aliphatic carbocycles. The normalized spacial score (nSPS) is 11.4. The third kappa shape index (κ3) is 3.13. The minimum absolute atomic E-state index is 0.209. The second-order valence-corrected chi connectivity index (χ2v) is 5.62. The van der Waals surface area contributed by atoms with E-state index in [0.717, 1.165) is 0 Å². The molecule has 7 heteroatoms. The number of nitrogens with one attached hydrogen (secondary N) is 1. The molecule has 2 heterocycles. The van der Waals surface area contributed by atoms with Crippen LogP contribution >= 0.6 is 0 Å². The summed E-state index contributed by atoms with van der Waals surface area (Å²) in [4.78, 5) is 20.7. The third-order valence-corrected chi connectivity index (χ3v) is 3.29. The summed E-state index contributed by atoms with van der Waals surface area (Å²) >= 11 is 0. The third-order valence-electron chi connectivity index (χ3n) is 3.29. The van der Waals surface area contributed by atoms with Gasteiger partial charge in [-0.2, -0.15) is 4.98 Å². The first-order valence-corrected chi connectivity index (χ1v) is 7.10. The van der Waals surface area contributed by atoms with Crippen LogP contribution in [-0.4, -0.2) is 21.0 Å². The maximum Gasteiger partial charge on any atom is 0.279 e. The highest BCUT2D eigenvalue weighted by molar-refractivity contribution is 5.94. The molecule has 23 heavy (non-hydrogen) atoms. The van der Waals surface area contributed by atoms with Gasteiger partial charge >= 0.3 is 0 Å². The largest absolute Gasteiger partial charge is 0.448 e. The van der Waals surface area contributed by atoms with Crippen LogP contribution in [0.25, 0.3) is 11.6 Å². The van der Waals surface area contributed by atoms with E-state index < -0.39 is 5.54 Å². The number of aryl methyl sites for hydroxylation is 1. The molecule has 0 aliphatic heterocycles. The number of hydrogen-bond donors (Lipinski definition) is 1. The lowest BCUT2D eigenvalue weighted by molar-refractivity contribution is 0.0907. The molecule has 0 saturated heterocycles. The fourth-order valence-corrected chi connectivity index (χ4v) is 2.04. The summed E-state index contributed by atoms with van der Waals surface area (Å²) < 4.78 is 10.3. The van der Waals surface area contributed by atoms with Crippen molar-refractivity contribution in [3.63, 3.8) is 0 Å². The number of carbonyl (C=O) groups excluding carboxylic acids is 1. The van der Waals surface area contributed by atoms with Gasteiger partial charge in [-0.3, -0.25) is 4.79 Å². The van der Waals surface area contributed by atoms with Crippen LogP contribution in [0, 0.1) is 6.92 Å². The topological polar surface area (TPSA) is 94.1 Å². The lowest BCUT2D eigenvalue weighted by atomic mass is 10.0. The van der Waals surface area contributed by atoms with Crippen molar-refractivity contribution >= 4 is 5.91 Å². The second-order valence-electron chi connectivity index (χ2n) is 5.62. The fourth-order valence-electron chi connectivity index (χ4n) is 2.04. The Bertz CT molecular complexity index is 821. The van der Waals surface area contributed by atoms with E-state index >= 15 is 0 Å². The predicted molar refractivity (Wildman–Crippen MR) is 81.5 cm³/mol. The van der Waals surface area contributed by atoms with E-state index in [2.05, 4.69) is 20.4 Å². The van der Waals surface area contributed by atoms with E-state index in [-0.39, 0.29) is 11.8 Å². The average Bonchev–Trinajstić information content (AvgIpc) is 3.16. The van der Waals surface area contributed by atoms with E-state index in [4.69, 9.17) is 8.94 Å². The second kappa shape index (κ2) is 5.68. The minimum Gasteiger partial charge on any atom is -0.448 e. The molecule has 0 fully saturated rings. The van der Waals surface area contributed by atoms with E-state index in [1.165, 1.54) is 6.26 Å². The van der Waals surface area contributed by atoms with Crippen molar-refractivity contribution in [3.05, 3.63) is 53.9 Å². The van der Waals surface area contributed by atoms with Gasteiger partial charge in [-0.1, -0.05) is 23.4 Å². The SMILES string of the molecule is Cc1nc(-c2nc(C(C)(C)NC(=O)c3ccccc3)no2)co1. The summed E-state index contributed by atoms with van der Waals surface area (Å²) in [7, 11) is 0. The van der Waals surface area contributed by atoms with Crippen LogP contribution in [-0.2, 0) is 5.54 Å². The molecular formula is C16H16N4O3. The van der Waals surface area contributed by atoms with Gasteiger partial charge in [0.2, 0.25) is 0 Å². The zero-order valence-corrected chi connectivity index (χ0v) is 13.0. The van der Waals surface area contributed by atoms with Crippen LogP contribution in [0.4, 0.5) is 0 Å². The van der Waals surface area contributed by atoms with Crippen LogP contribution in [0.3, 0.4) is 0 Å². The van der Waals surface area contributed by atoms with Crippen molar-refractivity contribution in [2.45, 2.75) is 26.3 Å². The first-order chi connectivity index (χ1) is 11.0. The van der Waals surface area contributed by atoms with Crippen LogP contribution in [0.5, 0.6) is 0 Å². The van der Waals surface area contributed by atoms with E-state index in [9.17, 15) is 4.79 Å². The van der Waals surface area contributed by atoms with Gasteiger partial charge in [0, 0.05) is 12.5 Å². The average molecular weight is 312 g/mol. The molecule has 0 atom stereocenters. The molecule has 0 spiro atoms. The number of benzene rings is 1. The van der Waals surface area contributed by atoms with Gasteiger partial charge in [0.1, 0.15) is 6.26 Å². The Morgan fingerprint density at radius 2 is 1.91 bits per heavy atom. The zero-order valence-electron chi connectivity index (χ0n) is 13.0. The van der Waals surface area contributed by atoms with Crippen LogP contribution in [0.1, 0.15) is 35.9 Å². The molecule has 0 saturated carbocycles. The van der Waals surface area contributed by atoms with Crippen LogP contribution in [0.15, 0.2) is 45.5 Å². The number of carbonyl (C=O) groups is 1. The molecule has 1 aromatic carbocycles. The summed E-state index contributed by atoms with van der Waals surface area (Å²) in [5, 5.41) is 6.83. The highest BCUT2D eigenvalue weighted by Gasteiger charge is 2.29. The molecule has 1 N–H and O–H groups in total. The highest BCUT2D eigenvalue weighted by atomic mass is 16.5. The van der Waals surface area contributed by atoms with Crippen molar-refractivity contribution < 1.29 is 13.7 Å². The molecule has 0 radical (unpaired) electrons. The Balaban J connectivity index is 1.80. The Kier molecular flexibility index (Phi) is 3.69. The molecule has 3 rings (SSSR count). The van der Waals surface area contributed by atoms with E-state index in [1.807, 2.05) is 6.07 Å². The van der Waals surface area contributed by atoms with Gasteiger partial charge < -0.3 is 14.3 Å². The lowest BCUT2D eigenvalue weighted by Crippen LogP contribution is -2.41. The lowest BCUT2D eigenvalue weighted by Gasteiger charge is -2.22. The smallest absolute Gasteiger partial charge is 0.279 e. The maximum atomic E-state index is 12.3. The Morgan fingerprint density at radius 1 is 1.17 bits per heavy atom. The molecule has 3 aromatic rings. The molecule has 118 valence electrons. The quantitative estimate of drug-likeness (QED) is 0.796. The maximum absolute atomic E-state index is 12.3. The number of amides is 1. The van der Waals surface area contributed by atoms with Crippen molar-refractivity contribution in [1.29, 1.82) is 0 Å². The Morgan fingerprint density at radius 3 is 2.57 bits per heavy atom. The number of rotatable bonds is 4. The number of hydrogen-bond acceptors (Lipinski definition) is 6. The van der Waals surface area contributed by atoms with Crippen molar-refractivity contribution in [2.75, 3.05) is 0 Å². The van der Waals surface area contributed by atoms with E-state index in [0.29, 0.717) is 23.0 Å². The number of oxazole rings is 1. The predicted octanol–water partition coefficient (Wildman–Crippen LogP) is 2.70. The summed E-state index contributed by atoms with van der Waals surface area (Å²) in [6, 6.07) is 8.95. The van der Waals surface area contributed by atoms with Crippen molar-refractivity contribution in [2.24, 2.45) is 0 Å². The number of aromatic nitrogens is 3. The highest BCUT2D eigenvalue weighted by Crippen LogP contribution is 2.22. The van der Waals surface area contributed by atoms with E-state index in [1.54, 1.807) is 45.0 Å². The summed E-state index contributed by atoms with van der Waals surface area (Å²) in [5.41, 5.74) is 0.232. The molecule has 1 amide bonds. The summed E-state index contributed by atoms with van der Waals surface area (Å²) in [6.45, 7) is 5.33. The molecule has 0 aliphatic rings. The van der Waals surface area contributed by atoms with Gasteiger partial charge in [0.15, 0.2) is 17.4 Å². The van der Waals surface area contributed by atoms with Gasteiger partial charge in [-0.05, 0) is 26.0 Å². The van der Waals surface area contributed by atoms with Crippen molar-refractivity contribution in [3.8, 4) is 11.6 Å². The molecule has 2 aromatic heterocycles. The first kappa shape index (κ1) is 15.0. The summed E-state index contributed by atoms with van der Waals surface area (Å²) in [6.07, 6.45) is 1.45. The van der Waals surface area contributed by atoms with Gasteiger partial charge in [0.05, 0.1) is 5.54 Å². The van der Waals surface area contributed by atoms with Crippen molar-refractivity contribution in [1.82, 2.24) is 20.4 Å². The van der Waals surface area contributed by atoms with Gasteiger partial charge in [-0.15, -0.1) is 0 Å². The zero-order chi connectivity index (χ0) is 16.4. The molecule has 7 nitrogen and oxygen atoms in total. The molecular weight excluding hydrogens is 296 g/mol. The van der Waals surface area contributed by atoms with Crippen LogP contribution in [0.2, 0.25) is 0 Å². The standard InChI is InChI=1S/C16H16N4O3/c1-10-17-12(9-22-10)14-18-15(20-23-14)16(2,3)19-13(21)11-7-5-4-6-8-11/h4-9H,1-3H3,(H,19,21). The number of nitrogens with zero attached hydrogens (tertiary/aromatic N) is 3. The van der Waals surface area contributed by atoms with Gasteiger partial charge in [-0.25, -0.2) is 4.98 Å². The minimum atomic E-state index is -0.798. The Hall–Kier alpha value is -2.96. The first-order valence-electron chi connectivity index (χ1n) is 7.10. The molecule has 0 bridgehead atoms. The fraction of sp³-hybridized carbons (Fsp3) is 0.250. The Labute approximate surface area is 132 Å². The summed E-state index contributed by atoms with van der Waals surface area (Å²) in [5.74, 6) is 0.909. The monoisotopic (exact) mass is 312 g/mol. The van der Waals surface area contributed by atoms with Crippen LogP contribution < -0.4 is 5.32 Å². The molecule has 0 unspecified atom stereocenters. The van der Waals surface area contributed by atoms with Gasteiger partial charge in [0.25, 0.3) is 11.8 Å².